The molecule has 0 spiro atoms. The molecule has 228 valence electrons. The monoisotopic (exact) mass is 578 g/mol. The number of methoxy groups -OCH3 is 1. The number of carbonyl (C=O) groups excluding carboxylic acids is 4. The predicted molar refractivity (Wildman–Crippen MR) is 149 cm³/mol. The van der Waals surface area contributed by atoms with E-state index in [1.165, 1.54) is 7.11 Å². The molecule has 0 aliphatic carbocycles. The lowest BCUT2D eigenvalue weighted by molar-refractivity contribution is -0.870. The second kappa shape index (κ2) is 24.1. The lowest BCUT2D eigenvalue weighted by atomic mass is 10.2. The van der Waals surface area contributed by atoms with Crippen molar-refractivity contribution < 1.29 is 59.9 Å². The molecule has 0 bridgehead atoms. The van der Waals surface area contributed by atoms with Crippen molar-refractivity contribution in [2.75, 3.05) is 75.7 Å². The Morgan fingerprint density at radius 2 is 0.949 bits per heavy atom. The molecule has 0 N–H and O–H groups in total. The van der Waals surface area contributed by atoms with E-state index in [-0.39, 0.29) is 35.9 Å². The zero-order valence-corrected chi connectivity index (χ0v) is 26.7. The van der Waals surface area contributed by atoms with E-state index in [0.717, 1.165) is 22.1 Å². The number of hydrogen-bond acceptors (Lipinski definition) is 8. The normalized spacial score (nSPS) is 9.62. The Morgan fingerprint density at radius 3 is 1.05 bits per heavy atom. The Kier molecular flexibility index (Phi) is 28.4. The van der Waals surface area contributed by atoms with E-state index in [0.29, 0.717) is 36.4 Å². The largest absolute Gasteiger partial charge is 1.00 e. The molecule has 0 unspecified atom stereocenters. The lowest BCUT2D eigenvalue weighted by Crippen LogP contribution is -3.00. The molecular weight excluding hydrogens is 528 g/mol. The lowest BCUT2D eigenvalue weighted by Gasteiger charge is -2.23. The number of carbonyl (C=O) groups is 4. The van der Waals surface area contributed by atoms with Gasteiger partial charge >= 0.3 is 17.9 Å². The second-order valence-electron chi connectivity index (χ2n) is 10.4. The van der Waals surface area contributed by atoms with Crippen LogP contribution < -0.4 is 17.5 Å². The highest BCUT2D eigenvalue weighted by Gasteiger charge is 2.10. The van der Waals surface area contributed by atoms with E-state index < -0.39 is 5.97 Å². The molecule has 10 nitrogen and oxygen atoms in total. The van der Waals surface area contributed by atoms with Gasteiger partial charge in [-0.3, -0.25) is 0 Å². The molecule has 0 amide bonds. The molecule has 0 rings (SSSR count). The van der Waals surface area contributed by atoms with Crippen LogP contribution in [0.2, 0.25) is 0 Å². The number of halogens is 1. The summed E-state index contributed by atoms with van der Waals surface area (Å²) in [6.07, 6.45) is 0.461. The highest BCUT2D eigenvalue weighted by molar-refractivity contribution is 5.87. The number of nitrogens with zero attached hydrogens (tertiary/aromatic N) is 2. The summed E-state index contributed by atoms with van der Waals surface area (Å²) in [5.41, 5.74) is 1.50. The van der Waals surface area contributed by atoms with Crippen molar-refractivity contribution in [1.82, 2.24) is 0 Å². The Hall–Kier alpha value is -2.95. The standard InChI is InChI=1S/2C9H18NO2.2C5H8O2.ClH/c2*1-8(2)9(11)12-7-6-10(3,4)5;1-4(2)5(6)7-3;1-3-4(2)5(6)7;/h2*1,6-7H2,2-5H3;1H2,2-3H3;2-3H2,1H3,(H,6,7);1H/q2*+1;;;/p-2. The summed E-state index contributed by atoms with van der Waals surface area (Å²) in [4.78, 5) is 41.7. The van der Waals surface area contributed by atoms with Gasteiger partial charge in [0.15, 0.2) is 0 Å². The van der Waals surface area contributed by atoms with Crippen molar-refractivity contribution in [3.63, 3.8) is 0 Å². The molecular formula is C28H51ClN2O8. The number of hydrogen-bond donors (Lipinski definition) is 0. The molecule has 0 aromatic carbocycles. The molecule has 0 radical (unpaired) electrons. The van der Waals surface area contributed by atoms with Gasteiger partial charge in [-0.1, -0.05) is 33.2 Å². The molecule has 39 heavy (non-hydrogen) atoms. The Bertz CT molecular complexity index is 754. The number of ether oxygens (including phenoxy) is 3. The van der Waals surface area contributed by atoms with Gasteiger partial charge in [-0.05, 0) is 32.8 Å². The van der Waals surface area contributed by atoms with Crippen LogP contribution in [-0.2, 0) is 33.4 Å². The van der Waals surface area contributed by atoms with Crippen molar-refractivity contribution in [3.8, 4) is 0 Å². The van der Waals surface area contributed by atoms with Crippen LogP contribution in [0.4, 0.5) is 0 Å². The molecule has 0 fully saturated rings. The highest BCUT2D eigenvalue weighted by atomic mass is 35.5. The molecule has 0 saturated carbocycles. The van der Waals surface area contributed by atoms with E-state index in [2.05, 4.69) is 73.3 Å². The van der Waals surface area contributed by atoms with Crippen LogP contribution in [0.5, 0.6) is 0 Å². The fourth-order valence-electron chi connectivity index (χ4n) is 1.39. The van der Waals surface area contributed by atoms with Gasteiger partial charge in [0, 0.05) is 16.7 Å². The number of carboxylic acids is 1. The molecule has 0 saturated heterocycles. The quantitative estimate of drug-likeness (QED) is 0.133. The average molecular weight is 579 g/mol. The summed E-state index contributed by atoms with van der Waals surface area (Å²) in [7, 11) is 13.6. The van der Waals surface area contributed by atoms with Crippen LogP contribution in [0.25, 0.3) is 0 Å². The molecule has 0 heterocycles. The van der Waals surface area contributed by atoms with Crippen molar-refractivity contribution in [3.05, 3.63) is 48.6 Å². The van der Waals surface area contributed by atoms with Gasteiger partial charge in [-0.2, -0.15) is 0 Å². The third-order valence-electron chi connectivity index (χ3n) is 3.94. The summed E-state index contributed by atoms with van der Waals surface area (Å²) in [5, 5.41) is 9.72. The summed E-state index contributed by atoms with van der Waals surface area (Å²) in [5.74, 6) is -2.10. The first-order chi connectivity index (χ1) is 17.0. The van der Waals surface area contributed by atoms with Crippen LogP contribution in [0.1, 0.15) is 34.1 Å². The smallest absolute Gasteiger partial charge is 0.333 e. The average Bonchev–Trinajstić information content (AvgIpc) is 2.76. The first-order valence-corrected chi connectivity index (χ1v) is 11.9. The van der Waals surface area contributed by atoms with Gasteiger partial charge in [0.05, 0.1) is 55.4 Å². The van der Waals surface area contributed by atoms with Crippen LogP contribution in [0, 0.1) is 0 Å². The second-order valence-corrected chi connectivity index (χ2v) is 10.4. The van der Waals surface area contributed by atoms with Crippen molar-refractivity contribution in [1.29, 1.82) is 0 Å². The number of carboxylic acid groups (broad SMARTS) is 1. The van der Waals surface area contributed by atoms with E-state index in [4.69, 9.17) is 9.47 Å². The zero-order valence-electron chi connectivity index (χ0n) is 25.9. The molecule has 0 aromatic heterocycles. The zero-order chi connectivity index (χ0) is 31.3. The van der Waals surface area contributed by atoms with E-state index in [1.54, 1.807) is 27.7 Å². The van der Waals surface area contributed by atoms with Gasteiger partial charge in [0.25, 0.3) is 0 Å². The summed E-state index contributed by atoms with van der Waals surface area (Å²) in [6.45, 7) is 22.7. The molecule has 11 heteroatoms. The van der Waals surface area contributed by atoms with Gasteiger partial charge in [0.1, 0.15) is 26.3 Å². The minimum Gasteiger partial charge on any atom is -1.00 e. The molecule has 0 atom stereocenters. The Morgan fingerprint density at radius 1 is 0.667 bits per heavy atom. The molecule has 0 aliphatic rings. The minimum atomic E-state index is -1.15. The first kappa shape index (κ1) is 45.9. The van der Waals surface area contributed by atoms with Crippen LogP contribution >= 0.6 is 0 Å². The number of quaternary nitrogens is 2. The van der Waals surface area contributed by atoms with Crippen LogP contribution in [0.15, 0.2) is 48.6 Å². The minimum absolute atomic E-state index is 0. The summed E-state index contributed by atoms with van der Waals surface area (Å²) < 4.78 is 15.7. The highest BCUT2D eigenvalue weighted by Crippen LogP contribution is 1.95. The maximum atomic E-state index is 10.9. The number of esters is 3. The van der Waals surface area contributed by atoms with E-state index >= 15 is 0 Å². The fraction of sp³-hybridized carbons (Fsp3) is 0.571. The van der Waals surface area contributed by atoms with Gasteiger partial charge < -0.3 is 45.5 Å². The SMILES string of the molecule is C=C(C)C(=O)OC.C=C(C)C(=O)OCC[N+](C)(C)C.C=C(C)C(=O)OCC[N+](C)(C)C.C=C(CC)C(=O)[O-].[Cl-]. The van der Waals surface area contributed by atoms with Crippen LogP contribution in [-0.4, -0.2) is 109 Å². The van der Waals surface area contributed by atoms with Crippen molar-refractivity contribution >= 4 is 23.9 Å². The number of rotatable bonds is 11. The summed E-state index contributed by atoms with van der Waals surface area (Å²) in [6, 6.07) is 0. The molecule has 0 aliphatic heterocycles. The number of likely N-dealkylation sites (N-methyl/N-ethyl adjacent to an activating group) is 2. The Balaban J connectivity index is -0.000000135. The molecule has 0 aromatic rings. The summed E-state index contributed by atoms with van der Waals surface area (Å²) >= 11 is 0. The topological polar surface area (TPSA) is 119 Å². The number of aliphatic carboxylic acids is 1. The van der Waals surface area contributed by atoms with Crippen molar-refractivity contribution in [2.45, 2.75) is 34.1 Å². The van der Waals surface area contributed by atoms with Gasteiger partial charge in [-0.25, -0.2) is 14.4 Å². The van der Waals surface area contributed by atoms with Crippen LogP contribution in [0.3, 0.4) is 0 Å². The predicted octanol–water partition coefficient (Wildman–Crippen LogP) is -0.934. The third kappa shape index (κ3) is 39.7. The van der Waals surface area contributed by atoms with Crippen molar-refractivity contribution in [2.24, 2.45) is 0 Å². The fourth-order valence-corrected chi connectivity index (χ4v) is 1.39. The first-order valence-electron chi connectivity index (χ1n) is 11.9. The third-order valence-corrected chi connectivity index (χ3v) is 3.94. The maximum absolute atomic E-state index is 10.9. The van der Waals surface area contributed by atoms with E-state index in [9.17, 15) is 24.3 Å². The van der Waals surface area contributed by atoms with Gasteiger partial charge in [0.2, 0.25) is 0 Å². The maximum Gasteiger partial charge on any atom is 0.333 e. The van der Waals surface area contributed by atoms with Gasteiger partial charge in [-0.15, -0.1) is 0 Å². The van der Waals surface area contributed by atoms with E-state index in [1.807, 2.05) is 0 Å². The Labute approximate surface area is 242 Å².